The van der Waals surface area contributed by atoms with Crippen LogP contribution >= 0.6 is 0 Å². The van der Waals surface area contributed by atoms with Crippen LogP contribution in [0.2, 0.25) is 0 Å². The maximum atomic E-state index is 13.0. The summed E-state index contributed by atoms with van der Waals surface area (Å²) in [6.45, 7) is 0.877. The molecule has 1 aromatic carbocycles. The van der Waals surface area contributed by atoms with E-state index in [0.717, 1.165) is 0 Å². The third-order valence-electron chi connectivity index (χ3n) is 3.35. The molecule has 1 aromatic rings. The van der Waals surface area contributed by atoms with Gasteiger partial charge in [-0.3, -0.25) is 4.79 Å². The molecule has 1 atom stereocenters. The van der Waals surface area contributed by atoms with Crippen LogP contribution in [0.5, 0.6) is 5.75 Å². The van der Waals surface area contributed by atoms with Gasteiger partial charge in [-0.2, -0.15) is 23.3 Å². The molecule has 0 bridgehead atoms. The van der Waals surface area contributed by atoms with E-state index in [2.05, 4.69) is 10.4 Å². The highest BCUT2D eigenvalue weighted by Gasteiger charge is 2.62. The van der Waals surface area contributed by atoms with Crippen LogP contribution in [-0.4, -0.2) is 47.3 Å². The molecule has 6 nitrogen and oxygen atoms in total. The number of rotatable bonds is 4. The lowest BCUT2D eigenvalue weighted by molar-refractivity contribution is -0.302. The fourth-order valence-electron chi connectivity index (χ4n) is 2.16. The summed E-state index contributed by atoms with van der Waals surface area (Å²) >= 11 is 0. The molecule has 126 valence electrons. The summed E-state index contributed by atoms with van der Waals surface area (Å²) in [4.78, 5) is 12.0. The Morgan fingerprint density at radius 3 is 2.57 bits per heavy atom. The van der Waals surface area contributed by atoms with Crippen molar-refractivity contribution in [2.45, 2.75) is 25.2 Å². The Morgan fingerprint density at radius 1 is 1.43 bits per heavy atom. The van der Waals surface area contributed by atoms with Crippen LogP contribution in [0, 0.1) is 0 Å². The molecule has 0 spiro atoms. The zero-order valence-electron chi connectivity index (χ0n) is 12.5. The van der Waals surface area contributed by atoms with Crippen molar-refractivity contribution in [3.8, 4) is 5.75 Å². The highest BCUT2D eigenvalue weighted by atomic mass is 19.4. The van der Waals surface area contributed by atoms with E-state index >= 15 is 0 Å². The predicted octanol–water partition coefficient (Wildman–Crippen LogP) is 1.97. The molecular weight excluding hydrogens is 315 g/mol. The van der Waals surface area contributed by atoms with E-state index in [1.165, 1.54) is 14.0 Å². The first-order chi connectivity index (χ1) is 10.7. The lowest BCUT2D eigenvalue weighted by Gasteiger charge is -2.32. The van der Waals surface area contributed by atoms with Gasteiger partial charge in [-0.25, -0.2) is 0 Å². The molecule has 9 heteroatoms. The van der Waals surface area contributed by atoms with Gasteiger partial charge in [0.05, 0.1) is 13.7 Å². The number of nitrogens with zero attached hydrogens (tertiary/aromatic N) is 2. The first-order valence-corrected chi connectivity index (χ1v) is 6.71. The molecule has 1 amide bonds. The lowest BCUT2D eigenvalue weighted by Crippen LogP contribution is -2.57. The highest BCUT2D eigenvalue weighted by molar-refractivity contribution is 5.90. The summed E-state index contributed by atoms with van der Waals surface area (Å²) < 4.78 is 44.0. The van der Waals surface area contributed by atoms with E-state index in [4.69, 9.17) is 4.74 Å². The van der Waals surface area contributed by atoms with Gasteiger partial charge in [0.1, 0.15) is 5.75 Å². The molecule has 0 saturated heterocycles. The number of hydrogen-bond donors (Lipinski definition) is 2. The molecule has 1 aliphatic rings. The number of anilines is 1. The zero-order chi connectivity index (χ0) is 17.3. The van der Waals surface area contributed by atoms with Gasteiger partial charge in [0.2, 0.25) is 0 Å². The lowest BCUT2D eigenvalue weighted by atomic mass is 10.1. The van der Waals surface area contributed by atoms with E-state index < -0.39 is 30.8 Å². The monoisotopic (exact) mass is 331 g/mol. The maximum absolute atomic E-state index is 13.0. The Bertz CT molecular complexity index is 616. The summed E-state index contributed by atoms with van der Waals surface area (Å²) in [6, 6.07) is 6.50. The van der Waals surface area contributed by atoms with Crippen molar-refractivity contribution >= 4 is 17.3 Å². The van der Waals surface area contributed by atoms with Gasteiger partial charge in [-0.05, 0) is 31.2 Å². The Labute approximate surface area is 130 Å². The average Bonchev–Trinajstić information content (AvgIpc) is 2.81. The number of hydrogen-bond acceptors (Lipinski definition) is 5. The van der Waals surface area contributed by atoms with Crippen LogP contribution in [-0.2, 0) is 4.79 Å². The normalized spacial score (nSPS) is 21.1. The van der Waals surface area contributed by atoms with Crippen LogP contribution in [0.25, 0.3) is 0 Å². The summed E-state index contributed by atoms with van der Waals surface area (Å²) in [5, 5.41) is 16.1. The van der Waals surface area contributed by atoms with Crippen molar-refractivity contribution in [3.05, 3.63) is 24.3 Å². The number of carbonyl (C=O) groups excluding carboxylic acids is 1. The second-order valence-corrected chi connectivity index (χ2v) is 5.11. The average molecular weight is 331 g/mol. The molecule has 2 rings (SSSR count). The smallest absolute Gasteiger partial charge is 0.438 e. The predicted molar refractivity (Wildman–Crippen MR) is 77.1 cm³/mol. The summed E-state index contributed by atoms with van der Waals surface area (Å²) in [5.74, 6) is -0.384. The number of aliphatic hydroxyl groups is 1. The minimum atomic E-state index is -5.00. The molecule has 1 heterocycles. The minimum Gasteiger partial charge on any atom is -0.497 e. The standard InChI is InChI=1S/C14H16F3N3O3/c1-9-7-13(22,14(15,16)17)20(19-9)12(21)8-18-10-3-5-11(23-2)6-4-10/h3-6,18,22H,7-8H2,1-2H3/t13-/m0/s1. The van der Waals surface area contributed by atoms with Crippen molar-refractivity contribution < 1.29 is 27.8 Å². The number of hydrazone groups is 1. The van der Waals surface area contributed by atoms with E-state index in [1.807, 2.05) is 0 Å². The fourth-order valence-corrected chi connectivity index (χ4v) is 2.16. The largest absolute Gasteiger partial charge is 0.497 e. The molecular formula is C14H16F3N3O3. The highest BCUT2D eigenvalue weighted by Crippen LogP contribution is 2.40. The van der Waals surface area contributed by atoms with Crippen molar-refractivity contribution in [3.63, 3.8) is 0 Å². The SMILES string of the molecule is COc1ccc(NCC(=O)N2N=C(C)C[C@]2(O)C(F)(F)F)cc1. The summed E-state index contributed by atoms with van der Waals surface area (Å²) in [6.07, 6.45) is -5.76. The molecule has 0 fully saturated rings. The molecule has 1 aliphatic heterocycles. The first kappa shape index (κ1) is 17.1. The van der Waals surface area contributed by atoms with Crippen molar-refractivity contribution in [1.29, 1.82) is 0 Å². The number of amides is 1. The number of ether oxygens (including phenoxy) is 1. The number of halogens is 3. The third kappa shape index (κ3) is 3.39. The maximum Gasteiger partial charge on any atom is 0.438 e. The number of carbonyl (C=O) groups is 1. The Kier molecular flexibility index (Phi) is 4.51. The topological polar surface area (TPSA) is 74.2 Å². The van der Waals surface area contributed by atoms with Gasteiger partial charge in [-0.15, -0.1) is 0 Å². The third-order valence-corrected chi connectivity index (χ3v) is 3.35. The van der Waals surface area contributed by atoms with Crippen LogP contribution in [0.4, 0.5) is 18.9 Å². The number of benzene rings is 1. The molecule has 0 aliphatic carbocycles. The van der Waals surface area contributed by atoms with Crippen molar-refractivity contribution in [2.75, 3.05) is 19.0 Å². The summed E-state index contributed by atoms with van der Waals surface area (Å²) in [5.41, 5.74) is -2.74. The van der Waals surface area contributed by atoms with Crippen LogP contribution in [0.15, 0.2) is 29.4 Å². The molecule has 23 heavy (non-hydrogen) atoms. The molecule has 0 aromatic heterocycles. The number of alkyl halides is 3. The van der Waals surface area contributed by atoms with E-state index in [0.29, 0.717) is 11.4 Å². The zero-order valence-corrected chi connectivity index (χ0v) is 12.5. The van der Waals surface area contributed by atoms with Gasteiger partial charge in [0.25, 0.3) is 11.6 Å². The Morgan fingerprint density at radius 2 is 2.04 bits per heavy atom. The fraction of sp³-hybridized carbons (Fsp3) is 0.429. The van der Waals surface area contributed by atoms with Gasteiger partial charge in [-0.1, -0.05) is 0 Å². The molecule has 0 saturated carbocycles. The molecule has 2 N–H and O–H groups in total. The number of methoxy groups -OCH3 is 1. The van der Waals surface area contributed by atoms with Crippen molar-refractivity contribution in [1.82, 2.24) is 5.01 Å². The quantitative estimate of drug-likeness (QED) is 0.885. The molecule has 0 radical (unpaired) electrons. The Balaban J connectivity index is 2.06. The second kappa shape index (κ2) is 6.07. The van der Waals surface area contributed by atoms with Crippen LogP contribution in [0.1, 0.15) is 13.3 Å². The van der Waals surface area contributed by atoms with E-state index in [-0.39, 0.29) is 10.7 Å². The van der Waals surface area contributed by atoms with Crippen LogP contribution < -0.4 is 10.1 Å². The molecule has 0 unspecified atom stereocenters. The van der Waals surface area contributed by atoms with Crippen molar-refractivity contribution in [2.24, 2.45) is 5.10 Å². The van der Waals surface area contributed by atoms with Gasteiger partial charge in [0.15, 0.2) is 0 Å². The Hall–Kier alpha value is -2.29. The second-order valence-electron chi connectivity index (χ2n) is 5.11. The van der Waals surface area contributed by atoms with Gasteiger partial charge in [0, 0.05) is 17.8 Å². The van der Waals surface area contributed by atoms with Gasteiger partial charge >= 0.3 is 6.18 Å². The number of nitrogens with one attached hydrogen (secondary N) is 1. The van der Waals surface area contributed by atoms with Gasteiger partial charge < -0.3 is 15.2 Å². The van der Waals surface area contributed by atoms with E-state index in [1.54, 1.807) is 24.3 Å². The first-order valence-electron chi connectivity index (χ1n) is 6.71. The van der Waals surface area contributed by atoms with E-state index in [9.17, 15) is 23.1 Å². The summed E-state index contributed by atoms with van der Waals surface area (Å²) in [7, 11) is 1.50. The van der Waals surface area contributed by atoms with Crippen LogP contribution in [0.3, 0.4) is 0 Å². The minimum absolute atomic E-state index is 0.0302.